The average Bonchev–Trinajstić information content (AvgIpc) is 2.83. The molecule has 0 aliphatic heterocycles. The summed E-state index contributed by atoms with van der Waals surface area (Å²) < 4.78 is 16.3. The Balaban J connectivity index is 1.49. The third-order valence-corrected chi connectivity index (χ3v) is 6.04. The highest BCUT2D eigenvalue weighted by molar-refractivity contribution is 5.89. The van der Waals surface area contributed by atoms with Crippen molar-refractivity contribution < 1.29 is 19.0 Å². The Morgan fingerprint density at radius 3 is 2.38 bits per heavy atom. The summed E-state index contributed by atoms with van der Waals surface area (Å²) >= 11 is 0. The van der Waals surface area contributed by atoms with Crippen LogP contribution in [-0.4, -0.2) is 26.8 Å². The van der Waals surface area contributed by atoms with E-state index in [9.17, 15) is 4.79 Å². The Labute approximate surface area is 191 Å². The molecule has 1 unspecified atom stereocenters. The molecule has 0 aromatic heterocycles. The summed E-state index contributed by atoms with van der Waals surface area (Å²) in [5, 5.41) is 0. The molecule has 1 aliphatic rings. The summed E-state index contributed by atoms with van der Waals surface area (Å²) in [4.78, 5) is 11.6. The van der Waals surface area contributed by atoms with E-state index in [1.807, 2.05) is 30.3 Å². The quantitative estimate of drug-likeness (QED) is 0.306. The molecule has 0 fully saturated rings. The molecular weight excluding hydrogens is 400 g/mol. The van der Waals surface area contributed by atoms with Gasteiger partial charge in [-0.25, -0.2) is 4.79 Å². The summed E-state index contributed by atoms with van der Waals surface area (Å²) in [6, 6.07) is 13.7. The van der Waals surface area contributed by atoms with Crippen LogP contribution in [0.15, 0.2) is 66.8 Å². The van der Waals surface area contributed by atoms with Gasteiger partial charge in [-0.3, -0.25) is 0 Å². The van der Waals surface area contributed by atoms with Gasteiger partial charge in [-0.05, 0) is 79.3 Å². The molecule has 0 amide bonds. The molecule has 170 valence electrons. The van der Waals surface area contributed by atoms with Crippen molar-refractivity contribution in [2.24, 2.45) is 5.41 Å². The minimum atomic E-state index is -0.311. The van der Waals surface area contributed by atoms with Crippen molar-refractivity contribution in [2.45, 2.75) is 45.4 Å². The molecule has 0 N–H and O–H groups in total. The predicted molar refractivity (Wildman–Crippen MR) is 129 cm³/mol. The topological polar surface area (TPSA) is 44.8 Å². The van der Waals surface area contributed by atoms with E-state index < -0.39 is 0 Å². The number of hydrogen-bond donors (Lipinski definition) is 0. The molecule has 3 rings (SSSR count). The zero-order valence-corrected chi connectivity index (χ0v) is 19.4. The minimum absolute atomic E-state index is 0.279. The van der Waals surface area contributed by atoms with E-state index in [0.29, 0.717) is 12.2 Å². The summed E-state index contributed by atoms with van der Waals surface area (Å²) in [5.74, 6) is 1.26. The molecule has 1 aliphatic carbocycles. The summed E-state index contributed by atoms with van der Waals surface area (Å²) in [6.45, 7) is 3.01. The molecule has 1 atom stereocenters. The molecule has 2 aromatic rings. The lowest BCUT2D eigenvalue weighted by molar-refractivity contribution is 0.0600. The van der Waals surface area contributed by atoms with Crippen molar-refractivity contribution in [3.8, 4) is 11.5 Å². The fourth-order valence-electron chi connectivity index (χ4n) is 3.97. The number of methoxy groups -OCH3 is 2. The minimum Gasteiger partial charge on any atom is -0.493 e. The van der Waals surface area contributed by atoms with Crippen LogP contribution in [0.3, 0.4) is 0 Å². The third-order valence-electron chi connectivity index (χ3n) is 6.04. The van der Waals surface area contributed by atoms with Gasteiger partial charge >= 0.3 is 5.97 Å². The van der Waals surface area contributed by atoms with Gasteiger partial charge < -0.3 is 14.2 Å². The van der Waals surface area contributed by atoms with Crippen LogP contribution >= 0.6 is 0 Å². The largest absolute Gasteiger partial charge is 0.493 e. The molecule has 4 heteroatoms. The van der Waals surface area contributed by atoms with Gasteiger partial charge in [0.15, 0.2) is 11.5 Å². The Morgan fingerprint density at radius 1 is 0.938 bits per heavy atom. The van der Waals surface area contributed by atoms with Crippen LogP contribution in [-0.2, 0) is 17.6 Å². The molecule has 4 nitrogen and oxygen atoms in total. The smallest absolute Gasteiger partial charge is 0.337 e. The maximum atomic E-state index is 11.6. The van der Waals surface area contributed by atoms with Gasteiger partial charge in [-0.2, -0.15) is 0 Å². The van der Waals surface area contributed by atoms with E-state index in [0.717, 1.165) is 43.6 Å². The molecule has 0 saturated carbocycles. The number of carbonyl (C=O) groups is 1. The molecule has 2 aromatic carbocycles. The third kappa shape index (κ3) is 6.74. The fourth-order valence-corrected chi connectivity index (χ4v) is 3.97. The van der Waals surface area contributed by atoms with E-state index >= 15 is 0 Å². The van der Waals surface area contributed by atoms with Gasteiger partial charge in [-0.1, -0.05) is 49.4 Å². The zero-order valence-electron chi connectivity index (χ0n) is 19.4. The van der Waals surface area contributed by atoms with Gasteiger partial charge in [0, 0.05) is 0 Å². The number of allylic oxidation sites excluding steroid dienone is 4. The van der Waals surface area contributed by atoms with E-state index in [-0.39, 0.29) is 11.4 Å². The zero-order chi connectivity index (χ0) is 22.8. The number of carbonyl (C=O) groups excluding carboxylic acids is 1. The average molecular weight is 435 g/mol. The highest BCUT2D eigenvalue weighted by Gasteiger charge is 2.20. The second-order valence-corrected chi connectivity index (χ2v) is 8.62. The number of benzene rings is 2. The molecule has 0 heterocycles. The number of hydrogen-bond acceptors (Lipinski definition) is 4. The first-order valence-corrected chi connectivity index (χ1v) is 11.3. The predicted octanol–water partition coefficient (Wildman–Crippen LogP) is 6.34. The molecular formula is C28H34O4. The van der Waals surface area contributed by atoms with E-state index in [2.05, 4.69) is 43.4 Å². The van der Waals surface area contributed by atoms with Crippen molar-refractivity contribution in [1.82, 2.24) is 0 Å². The number of aryl methyl sites for hydroxylation is 2. The maximum Gasteiger partial charge on any atom is 0.337 e. The number of rotatable bonds is 11. The lowest BCUT2D eigenvalue weighted by atomic mass is 9.79. The standard InChI is InChI=1S/C28H34O4/c1-28(17-5-4-6-18-28)19-7-8-20-32-26-21-23(13-16-25(26)30-2)10-9-22-11-14-24(15-12-22)27(29)31-3/h4-6,11-17,21H,7-10,18-20H2,1-3H3. The molecule has 0 saturated heterocycles. The van der Waals surface area contributed by atoms with Crippen molar-refractivity contribution in [3.05, 3.63) is 83.5 Å². The lowest BCUT2D eigenvalue weighted by Gasteiger charge is -2.26. The Hall–Kier alpha value is -3.01. The fraction of sp³-hybridized carbons (Fsp3) is 0.393. The van der Waals surface area contributed by atoms with Crippen LogP contribution < -0.4 is 9.47 Å². The monoisotopic (exact) mass is 434 g/mol. The lowest BCUT2D eigenvalue weighted by Crippen LogP contribution is -2.14. The molecule has 0 bridgehead atoms. The van der Waals surface area contributed by atoms with Gasteiger partial charge in [0.05, 0.1) is 26.4 Å². The van der Waals surface area contributed by atoms with Crippen molar-refractivity contribution in [3.63, 3.8) is 0 Å². The van der Waals surface area contributed by atoms with Crippen LogP contribution in [0.2, 0.25) is 0 Å². The van der Waals surface area contributed by atoms with Gasteiger partial charge in [0.25, 0.3) is 0 Å². The second kappa shape index (κ2) is 11.6. The van der Waals surface area contributed by atoms with Crippen LogP contribution in [0.1, 0.15) is 54.1 Å². The Morgan fingerprint density at radius 2 is 1.69 bits per heavy atom. The first-order valence-electron chi connectivity index (χ1n) is 11.3. The van der Waals surface area contributed by atoms with Crippen molar-refractivity contribution >= 4 is 5.97 Å². The Bertz CT molecular complexity index is 942. The summed E-state index contributed by atoms with van der Waals surface area (Å²) in [6.07, 6.45) is 15.1. The second-order valence-electron chi connectivity index (χ2n) is 8.62. The van der Waals surface area contributed by atoms with Crippen molar-refractivity contribution in [2.75, 3.05) is 20.8 Å². The Kier molecular flexibility index (Phi) is 8.55. The van der Waals surface area contributed by atoms with Crippen LogP contribution in [0, 0.1) is 5.41 Å². The van der Waals surface area contributed by atoms with Crippen LogP contribution in [0.25, 0.3) is 0 Å². The normalized spacial score (nSPS) is 17.2. The number of unbranched alkanes of at least 4 members (excludes halogenated alkanes) is 1. The first-order chi connectivity index (χ1) is 15.5. The van der Waals surface area contributed by atoms with Crippen LogP contribution in [0.4, 0.5) is 0 Å². The summed E-state index contributed by atoms with van der Waals surface area (Å²) in [7, 11) is 3.07. The number of ether oxygens (including phenoxy) is 3. The summed E-state index contributed by atoms with van der Waals surface area (Å²) in [5.41, 5.74) is 3.23. The highest BCUT2D eigenvalue weighted by Crippen LogP contribution is 2.33. The van der Waals surface area contributed by atoms with Gasteiger partial charge in [0.1, 0.15) is 0 Å². The number of esters is 1. The van der Waals surface area contributed by atoms with E-state index in [1.54, 1.807) is 7.11 Å². The van der Waals surface area contributed by atoms with Gasteiger partial charge in [0.2, 0.25) is 0 Å². The van der Waals surface area contributed by atoms with Gasteiger partial charge in [-0.15, -0.1) is 0 Å². The molecule has 0 radical (unpaired) electrons. The van der Waals surface area contributed by atoms with Crippen LogP contribution in [0.5, 0.6) is 11.5 Å². The molecule has 32 heavy (non-hydrogen) atoms. The maximum absolute atomic E-state index is 11.6. The van der Waals surface area contributed by atoms with Crippen molar-refractivity contribution in [1.29, 1.82) is 0 Å². The highest BCUT2D eigenvalue weighted by atomic mass is 16.5. The first kappa shape index (κ1) is 23.6. The SMILES string of the molecule is COC(=O)c1ccc(CCc2ccc(OC)c(OCCCCC3(C)C=CC=CC3)c2)cc1. The van der Waals surface area contributed by atoms with E-state index in [4.69, 9.17) is 14.2 Å². The van der Waals surface area contributed by atoms with E-state index in [1.165, 1.54) is 24.7 Å². The molecule has 0 spiro atoms.